The number of rotatable bonds is 12. The van der Waals surface area contributed by atoms with Crippen LogP contribution in [-0.4, -0.2) is 72.2 Å². The van der Waals surface area contributed by atoms with Gasteiger partial charge in [0.25, 0.3) is 0 Å². The van der Waals surface area contributed by atoms with Crippen LogP contribution in [-0.2, 0) is 20.9 Å². The van der Waals surface area contributed by atoms with Crippen LogP contribution in [0.1, 0.15) is 64.9 Å². The second kappa shape index (κ2) is 13.2. The van der Waals surface area contributed by atoms with Gasteiger partial charge in [0.2, 0.25) is 18.2 Å². The van der Waals surface area contributed by atoms with E-state index in [1.54, 1.807) is 7.11 Å². The van der Waals surface area contributed by atoms with E-state index in [4.69, 9.17) is 4.74 Å². The largest absolute Gasteiger partial charge is 0.497 e. The van der Waals surface area contributed by atoms with Gasteiger partial charge in [-0.25, -0.2) is 5.06 Å². The lowest BCUT2D eigenvalue weighted by molar-refractivity contribution is -0.155. The van der Waals surface area contributed by atoms with E-state index in [2.05, 4.69) is 10.6 Å². The minimum atomic E-state index is -0.699. The molecule has 1 saturated heterocycles. The summed E-state index contributed by atoms with van der Waals surface area (Å²) in [5, 5.41) is 16.9. The fourth-order valence-electron chi connectivity index (χ4n) is 5.41. The van der Waals surface area contributed by atoms with Crippen molar-refractivity contribution in [1.82, 2.24) is 20.6 Å². The number of hydroxylamine groups is 2. The monoisotopic (exact) mass is 516 g/mol. The van der Waals surface area contributed by atoms with E-state index in [1.165, 1.54) is 0 Å². The van der Waals surface area contributed by atoms with E-state index >= 15 is 0 Å². The molecule has 3 atom stereocenters. The SMILES string of the molecule is COc1ccc(CN[C@@H]2CCN(C(=O)[C@@H](NC(=O)[C@H](CC3CCCC3)CN(O)C=O)C(C)(C)C)C2)cc1. The predicted molar refractivity (Wildman–Crippen MR) is 141 cm³/mol. The van der Waals surface area contributed by atoms with Crippen LogP contribution in [0.2, 0.25) is 0 Å². The van der Waals surface area contributed by atoms with Crippen molar-refractivity contribution in [3.05, 3.63) is 29.8 Å². The van der Waals surface area contributed by atoms with Crippen molar-refractivity contribution < 1.29 is 24.3 Å². The Hall–Kier alpha value is -2.65. The molecule has 0 aromatic heterocycles. The van der Waals surface area contributed by atoms with Crippen LogP contribution >= 0.6 is 0 Å². The maximum atomic E-state index is 13.6. The summed E-state index contributed by atoms with van der Waals surface area (Å²) in [6, 6.07) is 7.39. The first-order valence-corrected chi connectivity index (χ1v) is 13.5. The second-order valence-electron chi connectivity index (χ2n) is 11.6. The van der Waals surface area contributed by atoms with E-state index in [1.807, 2.05) is 49.9 Å². The van der Waals surface area contributed by atoms with Crippen LogP contribution in [0.4, 0.5) is 0 Å². The normalized spacial score (nSPS) is 19.9. The zero-order valence-electron chi connectivity index (χ0n) is 22.7. The number of benzene rings is 1. The number of ether oxygens (including phenoxy) is 1. The van der Waals surface area contributed by atoms with E-state index < -0.39 is 17.4 Å². The maximum absolute atomic E-state index is 13.6. The second-order valence-corrected chi connectivity index (χ2v) is 11.6. The molecule has 2 aliphatic rings. The number of nitrogens with zero attached hydrogens (tertiary/aromatic N) is 2. The third kappa shape index (κ3) is 8.43. The molecule has 0 unspecified atom stereocenters. The Morgan fingerprint density at radius 1 is 1.19 bits per heavy atom. The number of methoxy groups -OCH3 is 1. The number of likely N-dealkylation sites (tertiary alicyclic amines) is 1. The van der Waals surface area contributed by atoms with E-state index in [9.17, 15) is 19.6 Å². The van der Waals surface area contributed by atoms with Crippen molar-refractivity contribution in [2.24, 2.45) is 17.3 Å². The molecule has 1 aromatic carbocycles. The van der Waals surface area contributed by atoms with Gasteiger partial charge in [-0.3, -0.25) is 19.6 Å². The molecule has 37 heavy (non-hydrogen) atoms. The number of hydrogen-bond acceptors (Lipinski definition) is 6. The molecule has 3 amide bonds. The maximum Gasteiger partial charge on any atom is 0.245 e. The van der Waals surface area contributed by atoms with Crippen LogP contribution in [0.3, 0.4) is 0 Å². The summed E-state index contributed by atoms with van der Waals surface area (Å²) >= 11 is 0. The molecule has 1 aromatic rings. The highest BCUT2D eigenvalue weighted by atomic mass is 16.5. The quantitative estimate of drug-likeness (QED) is 0.224. The molecule has 1 aliphatic heterocycles. The van der Waals surface area contributed by atoms with Gasteiger partial charge in [-0.1, -0.05) is 58.6 Å². The highest BCUT2D eigenvalue weighted by Gasteiger charge is 2.39. The van der Waals surface area contributed by atoms with Crippen LogP contribution < -0.4 is 15.4 Å². The number of carbonyl (C=O) groups is 3. The molecular formula is C28H44N4O5. The summed E-state index contributed by atoms with van der Waals surface area (Å²) in [6.07, 6.45) is 6.15. The van der Waals surface area contributed by atoms with Crippen LogP contribution in [0.5, 0.6) is 5.75 Å². The van der Waals surface area contributed by atoms with Crippen molar-refractivity contribution >= 4 is 18.2 Å². The topological polar surface area (TPSA) is 111 Å². The number of nitrogens with one attached hydrogen (secondary N) is 2. The Labute approximate surface area is 220 Å². The molecule has 1 heterocycles. The third-order valence-corrected chi connectivity index (χ3v) is 7.65. The predicted octanol–water partition coefficient (Wildman–Crippen LogP) is 2.96. The van der Waals surface area contributed by atoms with Crippen LogP contribution in [0.25, 0.3) is 0 Å². The summed E-state index contributed by atoms with van der Waals surface area (Å²) in [5.74, 6) is 0.282. The first-order valence-electron chi connectivity index (χ1n) is 13.5. The number of carbonyl (C=O) groups excluding carboxylic acids is 3. The highest BCUT2D eigenvalue weighted by molar-refractivity contribution is 5.89. The Bertz CT molecular complexity index is 895. The lowest BCUT2D eigenvalue weighted by Gasteiger charge is -2.35. The molecule has 0 radical (unpaired) electrons. The Balaban J connectivity index is 1.60. The van der Waals surface area contributed by atoms with Crippen molar-refractivity contribution in [3.8, 4) is 5.75 Å². The molecule has 9 heteroatoms. The van der Waals surface area contributed by atoms with E-state index in [0.717, 1.165) is 43.4 Å². The first-order chi connectivity index (χ1) is 17.6. The summed E-state index contributed by atoms with van der Waals surface area (Å²) < 4.78 is 5.21. The molecule has 1 aliphatic carbocycles. The van der Waals surface area contributed by atoms with E-state index in [-0.39, 0.29) is 24.4 Å². The van der Waals surface area contributed by atoms with Crippen LogP contribution in [0, 0.1) is 17.3 Å². The first kappa shape index (κ1) is 28.9. The van der Waals surface area contributed by atoms with Gasteiger partial charge in [-0.2, -0.15) is 0 Å². The molecule has 206 valence electrons. The van der Waals surface area contributed by atoms with Gasteiger partial charge in [0.05, 0.1) is 19.6 Å². The molecular weight excluding hydrogens is 472 g/mol. The molecule has 1 saturated carbocycles. The molecule has 9 nitrogen and oxygen atoms in total. The van der Waals surface area contributed by atoms with Gasteiger partial charge in [0.1, 0.15) is 11.8 Å². The molecule has 0 spiro atoms. The minimum Gasteiger partial charge on any atom is -0.497 e. The zero-order valence-corrected chi connectivity index (χ0v) is 22.7. The Morgan fingerprint density at radius 3 is 2.46 bits per heavy atom. The average Bonchev–Trinajstić information content (AvgIpc) is 3.57. The van der Waals surface area contributed by atoms with Gasteiger partial charge in [0, 0.05) is 25.7 Å². The zero-order chi connectivity index (χ0) is 27.0. The molecule has 3 rings (SSSR count). The summed E-state index contributed by atoms with van der Waals surface area (Å²) in [7, 11) is 1.65. The molecule has 0 bridgehead atoms. The summed E-state index contributed by atoms with van der Waals surface area (Å²) in [6.45, 7) is 7.68. The lowest BCUT2D eigenvalue weighted by atomic mass is 9.84. The van der Waals surface area contributed by atoms with Crippen molar-refractivity contribution in [1.29, 1.82) is 0 Å². The highest BCUT2D eigenvalue weighted by Crippen LogP contribution is 2.31. The van der Waals surface area contributed by atoms with Crippen LogP contribution in [0.15, 0.2) is 24.3 Å². The molecule has 3 N–H and O–H groups in total. The summed E-state index contributed by atoms with van der Waals surface area (Å²) in [5.41, 5.74) is 0.648. The Kier molecular flexibility index (Phi) is 10.3. The minimum absolute atomic E-state index is 0.0715. The van der Waals surface area contributed by atoms with Gasteiger partial charge in [0.15, 0.2) is 0 Å². The number of hydrogen-bond donors (Lipinski definition) is 3. The van der Waals surface area contributed by atoms with Gasteiger partial charge < -0.3 is 20.3 Å². The average molecular weight is 517 g/mol. The lowest BCUT2D eigenvalue weighted by Crippen LogP contribution is -2.56. The smallest absolute Gasteiger partial charge is 0.245 e. The summed E-state index contributed by atoms with van der Waals surface area (Å²) in [4.78, 5) is 39.9. The van der Waals surface area contributed by atoms with Gasteiger partial charge in [-0.15, -0.1) is 0 Å². The van der Waals surface area contributed by atoms with Gasteiger partial charge in [-0.05, 0) is 41.9 Å². The van der Waals surface area contributed by atoms with E-state index in [0.29, 0.717) is 43.4 Å². The molecule has 2 fully saturated rings. The Morgan fingerprint density at radius 2 is 1.86 bits per heavy atom. The number of amides is 3. The fraction of sp³-hybridized carbons (Fsp3) is 0.679. The van der Waals surface area contributed by atoms with Gasteiger partial charge >= 0.3 is 0 Å². The van der Waals surface area contributed by atoms with Crippen molar-refractivity contribution in [3.63, 3.8) is 0 Å². The van der Waals surface area contributed by atoms with Crippen molar-refractivity contribution in [2.75, 3.05) is 26.7 Å². The third-order valence-electron chi connectivity index (χ3n) is 7.65. The fourth-order valence-corrected chi connectivity index (χ4v) is 5.41. The van der Waals surface area contributed by atoms with Crippen molar-refractivity contribution in [2.45, 2.75) is 77.9 Å². The standard InChI is InChI=1S/C28H44N4O5/c1-28(2,3)25(30-26(34)22(17-32(36)19-33)15-20-7-5-6-8-20)27(35)31-14-13-23(18-31)29-16-21-9-11-24(37-4)12-10-21/h9-12,19-20,22-23,25,29,36H,5-8,13-18H2,1-4H3,(H,30,34)/t22-,23-,25-/m1/s1.